The summed E-state index contributed by atoms with van der Waals surface area (Å²) in [4.78, 5) is 48.9. The number of carbonyl (C=O) groups excluding carboxylic acids is 3. The largest absolute Gasteiger partial charge is 0.379 e. The molecule has 1 aromatic heterocycles. The second-order valence-electron chi connectivity index (χ2n) is 8.59. The van der Waals surface area contributed by atoms with E-state index in [4.69, 9.17) is 9.72 Å². The third kappa shape index (κ3) is 4.11. The van der Waals surface area contributed by atoms with E-state index in [0.717, 1.165) is 39.3 Å². The van der Waals surface area contributed by atoms with Crippen LogP contribution in [0.2, 0.25) is 0 Å². The lowest BCUT2D eigenvalue weighted by Gasteiger charge is -2.29. The Balaban J connectivity index is 1.42. The maximum absolute atomic E-state index is 13.5. The van der Waals surface area contributed by atoms with Gasteiger partial charge in [0.05, 0.1) is 34.6 Å². The molecule has 0 atom stereocenters. The molecule has 1 fully saturated rings. The molecular weight excluding hydrogens is 452 g/mol. The number of aryl methyl sites for hydroxylation is 2. The van der Waals surface area contributed by atoms with Crippen molar-refractivity contribution in [3.63, 3.8) is 0 Å². The van der Waals surface area contributed by atoms with Gasteiger partial charge in [0.25, 0.3) is 11.8 Å². The quantitative estimate of drug-likeness (QED) is 0.507. The molecule has 2 aromatic carbocycles. The van der Waals surface area contributed by atoms with E-state index >= 15 is 0 Å². The van der Waals surface area contributed by atoms with Crippen LogP contribution >= 0.6 is 11.3 Å². The zero-order valence-electron chi connectivity index (χ0n) is 19.2. The summed E-state index contributed by atoms with van der Waals surface area (Å²) < 4.78 is 6.43. The molecule has 0 aliphatic carbocycles. The number of anilines is 1. The fraction of sp³-hybridized carbons (Fsp3) is 0.360. The summed E-state index contributed by atoms with van der Waals surface area (Å²) >= 11 is 1.45. The lowest BCUT2D eigenvalue weighted by Crippen LogP contribution is -2.47. The first kappa shape index (κ1) is 22.6. The van der Waals surface area contributed by atoms with Crippen molar-refractivity contribution in [3.05, 3.63) is 58.7 Å². The molecule has 9 heteroatoms. The number of hydrogen-bond acceptors (Lipinski definition) is 7. The first-order valence-corrected chi connectivity index (χ1v) is 12.2. The van der Waals surface area contributed by atoms with Crippen LogP contribution in [0.1, 0.15) is 31.8 Å². The van der Waals surface area contributed by atoms with E-state index in [9.17, 15) is 14.4 Å². The number of imide groups is 1. The van der Waals surface area contributed by atoms with Gasteiger partial charge < -0.3 is 4.74 Å². The summed E-state index contributed by atoms with van der Waals surface area (Å²) in [6, 6.07) is 10.8. The number of aromatic nitrogens is 1. The molecule has 3 amide bonds. The first-order valence-electron chi connectivity index (χ1n) is 11.4. The summed E-state index contributed by atoms with van der Waals surface area (Å²) in [5, 5.41) is 0.582. The van der Waals surface area contributed by atoms with E-state index < -0.39 is 11.8 Å². The van der Waals surface area contributed by atoms with Crippen molar-refractivity contribution >= 4 is 44.4 Å². The van der Waals surface area contributed by atoms with E-state index in [-0.39, 0.29) is 12.5 Å². The number of benzene rings is 2. The Labute approximate surface area is 201 Å². The molecule has 0 unspecified atom stereocenters. The van der Waals surface area contributed by atoms with Gasteiger partial charge in [0.15, 0.2) is 5.13 Å². The minimum absolute atomic E-state index is 0.316. The van der Waals surface area contributed by atoms with Gasteiger partial charge in [-0.15, -0.1) is 0 Å². The van der Waals surface area contributed by atoms with Crippen LogP contribution < -0.4 is 4.90 Å². The Morgan fingerprint density at radius 2 is 1.74 bits per heavy atom. The molecular formula is C25H26N4O4S. The summed E-state index contributed by atoms with van der Waals surface area (Å²) in [5.41, 5.74) is 3.78. The van der Waals surface area contributed by atoms with Crippen LogP contribution in [-0.4, -0.2) is 78.4 Å². The molecule has 0 saturated carbocycles. The minimum atomic E-state index is -0.433. The molecule has 0 N–H and O–H groups in total. The highest BCUT2D eigenvalue weighted by atomic mass is 32.1. The van der Waals surface area contributed by atoms with Crippen molar-refractivity contribution in [2.45, 2.75) is 13.8 Å². The fourth-order valence-corrected chi connectivity index (χ4v) is 5.39. The Kier molecular flexibility index (Phi) is 6.16. The Bertz CT molecular complexity index is 1250. The van der Waals surface area contributed by atoms with Crippen LogP contribution in [-0.2, 0) is 9.53 Å². The summed E-state index contributed by atoms with van der Waals surface area (Å²) in [6.45, 7) is 7.77. The lowest BCUT2D eigenvalue weighted by molar-refractivity contribution is -0.119. The van der Waals surface area contributed by atoms with Gasteiger partial charge in [0.1, 0.15) is 6.54 Å². The van der Waals surface area contributed by atoms with E-state index in [1.165, 1.54) is 11.3 Å². The maximum atomic E-state index is 13.5. The lowest BCUT2D eigenvalue weighted by atomic mass is 10.1. The van der Waals surface area contributed by atoms with Crippen LogP contribution in [0, 0.1) is 13.8 Å². The van der Waals surface area contributed by atoms with Crippen LogP contribution in [0.3, 0.4) is 0 Å². The number of thiazole rings is 1. The highest BCUT2D eigenvalue weighted by molar-refractivity contribution is 7.22. The average molecular weight is 479 g/mol. The number of rotatable bonds is 6. The molecule has 34 heavy (non-hydrogen) atoms. The van der Waals surface area contributed by atoms with Crippen LogP contribution in [0.15, 0.2) is 36.4 Å². The third-order valence-corrected chi connectivity index (χ3v) is 7.56. The van der Waals surface area contributed by atoms with Crippen molar-refractivity contribution < 1.29 is 19.1 Å². The Morgan fingerprint density at radius 1 is 1.06 bits per heavy atom. The summed E-state index contributed by atoms with van der Waals surface area (Å²) in [5.74, 6) is -1.19. The predicted octanol–water partition coefficient (Wildman–Crippen LogP) is 2.87. The third-order valence-electron chi connectivity index (χ3n) is 6.52. The summed E-state index contributed by atoms with van der Waals surface area (Å²) in [6.07, 6.45) is 0. The minimum Gasteiger partial charge on any atom is -0.379 e. The number of carbonyl (C=O) groups is 3. The average Bonchev–Trinajstić information content (AvgIpc) is 3.38. The van der Waals surface area contributed by atoms with Gasteiger partial charge in [-0.3, -0.25) is 29.1 Å². The van der Waals surface area contributed by atoms with E-state index in [0.29, 0.717) is 42.6 Å². The van der Waals surface area contributed by atoms with Gasteiger partial charge >= 0.3 is 0 Å². The van der Waals surface area contributed by atoms with Gasteiger partial charge in [-0.05, 0) is 43.2 Å². The normalized spacial score (nSPS) is 16.4. The topological polar surface area (TPSA) is 83.0 Å². The SMILES string of the molecule is Cc1ccc2sc(N(CCN3CCOCC3)C(=O)CN3C(=O)c4ccccc4C3=O)nc2c1C. The fourth-order valence-electron chi connectivity index (χ4n) is 4.33. The molecule has 1 saturated heterocycles. The van der Waals surface area contributed by atoms with E-state index in [1.54, 1.807) is 29.2 Å². The monoisotopic (exact) mass is 478 g/mol. The summed E-state index contributed by atoms with van der Waals surface area (Å²) in [7, 11) is 0. The number of fused-ring (bicyclic) bond motifs is 2. The zero-order valence-corrected chi connectivity index (χ0v) is 20.1. The molecule has 3 heterocycles. The van der Waals surface area contributed by atoms with Crippen molar-refractivity contribution in [1.82, 2.24) is 14.8 Å². The van der Waals surface area contributed by atoms with E-state index in [1.807, 2.05) is 19.9 Å². The molecule has 8 nitrogen and oxygen atoms in total. The molecule has 176 valence electrons. The maximum Gasteiger partial charge on any atom is 0.262 e. The Hall–Kier alpha value is -3.14. The van der Waals surface area contributed by atoms with Crippen molar-refractivity contribution in [1.29, 1.82) is 0 Å². The standard InChI is InChI=1S/C25H26N4O4S/c1-16-7-8-20-22(17(16)2)26-25(34-20)28(10-9-27-11-13-33-14-12-27)21(30)15-29-23(31)18-5-3-4-6-19(18)24(29)32/h3-8H,9-15H2,1-2H3. The highest BCUT2D eigenvalue weighted by Crippen LogP contribution is 2.32. The van der Waals surface area contributed by atoms with Crippen molar-refractivity contribution in [3.8, 4) is 0 Å². The smallest absolute Gasteiger partial charge is 0.262 e. The van der Waals surface area contributed by atoms with E-state index in [2.05, 4.69) is 11.0 Å². The zero-order chi connectivity index (χ0) is 23.8. The molecule has 0 spiro atoms. The second kappa shape index (κ2) is 9.25. The number of amides is 3. The van der Waals surface area contributed by atoms with Gasteiger partial charge in [-0.2, -0.15) is 0 Å². The first-order chi connectivity index (χ1) is 16.4. The van der Waals surface area contributed by atoms with Crippen LogP contribution in [0.5, 0.6) is 0 Å². The molecule has 3 aromatic rings. The van der Waals surface area contributed by atoms with Gasteiger partial charge in [0, 0.05) is 26.2 Å². The number of nitrogens with zero attached hydrogens (tertiary/aromatic N) is 4. The highest BCUT2D eigenvalue weighted by Gasteiger charge is 2.37. The number of morpholine rings is 1. The second-order valence-corrected chi connectivity index (χ2v) is 9.60. The van der Waals surface area contributed by atoms with Crippen molar-refractivity contribution in [2.75, 3.05) is 50.8 Å². The molecule has 0 bridgehead atoms. The molecule has 2 aliphatic rings. The van der Waals surface area contributed by atoms with Crippen LogP contribution in [0.25, 0.3) is 10.2 Å². The van der Waals surface area contributed by atoms with Crippen molar-refractivity contribution in [2.24, 2.45) is 0 Å². The number of hydrogen-bond donors (Lipinski definition) is 0. The van der Waals surface area contributed by atoms with Gasteiger partial charge in [-0.25, -0.2) is 4.98 Å². The Morgan fingerprint density at radius 3 is 2.41 bits per heavy atom. The molecule has 2 aliphatic heterocycles. The predicted molar refractivity (Wildman–Crippen MR) is 131 cm³/mol. The molecule has 5 rings (SSSR count). The molecule has 0 radical (unpaired) electrons. The van der Waals surface area contributed by atoms with Gasteiger partial charge in [-0.1, -0.05) is 29.5 Å². The number of ether oxygens (including phenoxy) is 1. The van der Waals surface area contributed by atoms with Gasteiger partial charge in [0.2, 0.25) is 5.91 Å². The van der Waals surface area contributed by atoms with Crippen LogP contribution in [0.4, 0.5) is 5.13 Å².